The summed E-state index contributed by atoms with van der Waals surface area (Å²) in [5.41, 5.74) is 5.57. The van der Waals surface area contributed by atoms with Gasteiger partial charge in [0.1, 0.15) is 5.71 Å². The van der Waals surface area contributed by atoms with Gasteiger partial charge in [0.2, 0.25) is 0 Å². The lowest BCUT2D eigenvalue weighted by Gasteiger charge is -2.29. The normalized spacial score (nSPS) is 22.1. The van der Waals surface area contributed by atoms with Crippen LogP contribution in [0.4, 0.5) is 5.69 Å². The summed E-state index contributed by atoms with van der Waals surface area (Å²) >= 11 is 10.0. The van der Waals surface area contributed by atoms with Crippen LogP contribution in [-0.2, 0) is 4.79 Å². The maximum Gasteiger partial charge on any atom is 0.282 e. The van der Waals surface area contributed by atoms with Crippen molar-refractivity contribution in [2.24, 2.45) is 11.0 Å². The topological polar surface area (TPSA) is 47.9 Å². The van der Waals surface area contributed by atoms with E-state index in [4.69, 9.17) is 16.7 Å². The van der Waals surface area contributed by atoms with E-state index < -0.39 is 0 Å². The molecule has 30 heavy (non-hydrogen) atoms. The van der Waals surface area contributed by atoms with E-state index in [1.165, 1.54) is 6.42 Å². The highest BCUT2D eigenvalue weighted by Gasteiger charge is 2.41. The molecule has 2 aromatic carbocycles. The van der Waals surface area contributed by atoms with Crippen LogP contribution < -0.4 is 10.4 Å². The van der Waals surface area contributed by atoms with Gasteiger partial charge < -0.3 is 0 Å². The van der Waals surface area contributed by atoms with Crippen molar-refractivity contribution in [3.63, 3.8) is 0 Å². The Bertz CT molecular complexity index is 927. The van der Waals surface area contributed by atoms with E-state index in [1.807, 2.05) is 46.4 Å². The molecule has 2 unspecified atom stereocenters. The van der Waals surface area contributed by atoms with Crippen LogP contribution in [0.5, 0.6) is 0 Å². The fourth-order valence-electron chi connectivity index (χ4n) is 4.28. The Morgan fingerprint density at radius 2 is 1.83 bits per heavy atom. The number of amides is 1. The number of carbonyl (C=O) groups excluding carboxylic acids is 1. The highest BCUT2D eigenvalue weighted by molar-refractivity contribution is 9.10. The van der Waals surface area contributed by atoms with Gasteiger partial charge in [0, 0.05) is 23.5 Å². The number of nitrogens with zero attached hydrogens (tertiary/aromatic N) is 3. The van der Waals surface area contributed by atoms with Gasteiger partial charge in [-0.25, -0.2) is 5.01 Å². The average Bonchev–Trinajstić information content (AvgIpc) is 3.15. The molecule has 0 bridgehead atoms. The zero-order valence-electron chi connectivity index (χ0n) is 17.0. The number of hydrazine groups is 1. The van der Waals surface area contributed by atoms with Gasteiger partial charge in [0.05, 0.1) is 16.8 Å². The largest absolute Gasteiger partial charge is 0.284 e. The lowest BCUT2D eigenvalue weighted by Crippen LogP contribution is -2.48. The maximum absolute atomic E-state index is 13.2. The van der Waals surface area contributed by atoms with Crippen LogP contribution in [-0.4, -0.2) is 29.7 Å². The first-order chi connectivity index (χ1) is 14.6. The molecule has 0 radical (unpaired) electrons. The predicted molar refractivity (Wildman–Crippen MR) is 126 cm³/mol. The van der Waals surface area contributed by atoms with Crippen LogP contribution in [0.25, 0.3) is 0 Å². The van der Waals surface area contributed by atoms with Gasteiger partial charge in [0.25, 0.3) is 5.91 Å². The molecule has 4 rings (SSSR count). The second-order valence-electron chi connectivity index (χ2n) is 7.78. The highest BCUT2D eigenvalue weighted by Crippen LogP contribution is 2.43. The number of hydrazone groups is 1. The summed E-state index contributed by atoms with van der Waals surface area (Å²) in [6.45, 7) is 3.89. The van der Waals surface area contributed by atoms with Crippen molar-refractivity contribution in [1.82, 2.24) is 10.4 Å². The molecule has 2 aromatic rings. The highest BCUT2D eigenvalue weighted by atomic mass is 79.9. The summed E-state index contributed by atoms with van der Waals surface area (Å²) in [6, 6.07) is 15.8. The van der Waals surface area contributed by atoms with Crippen molar-refractivity contribution < 1.29 is 4.79 Å². The van der Waals surface area contributed by atoms with E-state index >= 15 is 0 Å². The van der Waals surface area contributed by atoms with Crippen LogP contribution in [0.15, 0.2) is 58.1 Å². The van der Waals surface area contributed by atoms with Gasteiger partial charge in [-0.05, 0) is 49.1 Å². The molecule has 5 nitrogen and oxygen atoms in total. The van der Waals surface area contributed by atoms with Crippen molar-refractivity contribution >= 4 is 44.8 Å². The Morgan fingerprint density at radius 3 is 2.50 bits per heavy atom. The number of para-hydroxylation sites is 1. The molecular formula is C23H26BrClN4O. The number of hydrogen-bond acceptors (Lipinski definition) is 4. The number of nitrogens with one attached hydrogen (secondary N) is 1. The quantitative estimate of drug-likeness (QED) is 0.598. The third kappa shape index (κ3) is 4.41. The van der Waals surface area contributed by atoms with E-state index in [0.29, 0.717) is 10.7 Å². The zero-order chi connectivity index (χ0) is 21.1. The number of hydrogen-bond donors (Lipinski definition) is 1. The van der Waals surface area contributed by atoms with Crippen LogP contribution in [0.1, 0.15) is 44.2 Å². The molecule has 1 amide bonds. The zero-order valence-corrected chi connectivity index (χ0v) is 19.4. The second kappa shape index (κ2) is 9.50. The van der Waals surface area contributed by atoms with E-state index in [0.717, 1.165) is 48.1 Å². The molecule has 1 saturated heterocycles. The smallest absolute Gasteiger partial charge is 0.282 e. The summed E-state index contributed by atoms with van der Waals surface area (Å²) in [5.74, 6) is -0.146. The van der Waals surface area contributed by atoms with Crippen molar-refractivity contribution in [3.05, 3.63) is 63.6 Å². The van der Waals surface area contributed by atoms with Crippen LogP contribution in [0.2, 0.25) is 5.02 Å². The Hall–Kier alpha value is -1.89. The van der Waals surface area contributed by atoms with E-state index in [1.54, 1.807) is 0 Å². The monoisotopic (exact) mass is 488 g/mol. The van der Waals surface area contributed by atoms with Crippen LogP contribution >= 0.6 is 27.5 Å². The number of anilines is 1. The molecule has 0 aromatic heterocycles. The first kappa shape index (κ1) is 21.3. The first-order valence-electron chi connectivity index (χ1n) is 10.5. The Balaban J connectivity index is 1.70. The minimum atomic E-state index is -0.111. The van der Waals surface area contributed by atoms with Gasteiger partial charge in [-0.3, -0.25) is 15.2 Å². The van der Waals surface area contributed by atoms with Crippen molar-refractivity contribution in [2.75, 3.05) is 18.1 Å². The van der Waals surface area contributed by atoms with Gasteiger partial charge in [-0.1, -0.05) is 65.1 Å². The number of piperidine rings is 1. The molecule has 2 atom stereocenters. The summed E-state index contributed by atoms with van der Waals surface area (Å²) in [4.78, 5) is 13.2. The minimum Gasteiger partial charge on any atom is -0.284 e. The Morgan fingerprint density at radius 1 is 1.13 bits per heavy atom. The van der Waals surface area contributed by atoms with Gasteiger partial charge in [0.15, 0.2) is 0 Å². The van der Waals surface area contributed by atoms with Gasteiger partial charge >= 0.3 is 0 Å². The number of benzene rings is 2. The van der Waals surface area contributed by atoms with Crippen LogP contribution in [0.3, 0.4) is 0 Å². The lowest BCUT2D eigenvalue weighted by molar-refractivity contribution is -0.120. The standard InChI is InChI=1S/C23H26BrClN4O/c1-2-18-21(23(30)27-28-14-6-3-7-15-28)26-29(20-9-5-4-8-19(20)25)22(18)16-10-12-17(24)13-11-16/h4-5,8-13,18,22H,2-3,6-7,14-15H2,1H3,(H,27,30). The van der Waals surface area contributed by atoms with Gasteiger partial charge in [-0.15, -0.1) is 0 Å². The molecule has 0 saturated carbocycles. The molecular weight excluding hydrogens is 464 g/mol. The van der Waals surface area contributed by atoms with Crippen molar-refractivity contribution in [3.8, 4) is 0 Å². The number of carbonyl (C=O) groups is 1. The summed E-state index contributed by atoms with van der Waals surface area (Å²) in [7, 11) is 0. The molecule has 2 heterocycles. The molecule has 0 spiro atoms. The summed E-state index contributed by atoms with van der Waals surface area (Å²) in [6.07, 6.45) is 4.24. The molecule has 7 heteroatoms. The van der Waals surface area contributed by atoms with E-state index in [2.05, 4.69) is 40.4 Å². The molecule has 1 fully saturated rings. The predicted octanol–water partition coefficient (Wildman–Crippen LogP) is 5.56. The average molecular weight is 490 g/mol. The molecule has 0 aliphatic carbocycles. The fraction of sp³-hybridized carbons (Fsp3) is 0.391. The van der Waals surface area contributed by atoms with E-state index in [9.17, 15) is 4.79 Å². The molecule has 158 valence electrons. The van der Waals surface area contributed by atoms with E-state index in [-0.39, 0.29) is 17.9 Å². The Labute approximate surface area is 191 Å². The summed E-state index contributed by atoms with van der Waals surface area (Å²) in [5, 5.41) is 9.40. The van der Waals surface area contributed by atoms with Crippen molar-refractivity contribution in [2.45, 2.75) is 38.6 Å². The van der Waals surface area contributed by atoms with Gasteiger partial charge in [-0.2, -0.15) is 5.10 Å². The molecule has 2 aliphatic heterocycles. The number of rotatable bonds is 5. The number of halogens is 2. The first-order valence-corrected chi connectivity index (χ1v) is 11.7. The lowest BCUT2D eigenvalue weighted by atomic mass is 9.87. The fourth-order valence-corrected chi connectivity index (χ4v) is 4.77. The SMILES string of the molecule is CCC1C(C(=O)NN2CCCCC2)=NN(c2ccccc2Cl)C1c1ccc(Br)cc1. The second-order valence-corrected chi connectivity index (χ2v) is 9.10. The molecule has 1 N–H and O–H groups in total. The molecule has 2 aliphatic rings. The third-order valence-corrected chi connectivity index (χ3v) is 6.66. The Kier molecular flexibility index (Phi) is 6.76. The summed E-state index contributed by atoms with van der Waals surface area (Å²) < 4.78 is 1.02. The minimum absolute atomic E-state index is 0.0350. The third-order valence-electron chi connectivity index (χ3n) is 5.81. The maximum atomic E-state index is 13.2. The van der Waals surface area contributed by atoms with Crippen molar-refractivity contribution in [1.29, 1.82) is 0 Å². The van der Waals surface area contributed by atoms with Crippen LogP contribution in [0, 0.1) is 5.92 Å².